The van der Waals surface area contributed by atoms with Crippen LogP contribution in [0.25, 0.3) is 10.9 Å². The molecule has 1 N–H and O–H groups in total. The first kappa shape index (κ1) is 9.77. The largest absolute Gasteiger partial charge is 0.478 e. The predicted octanol–water partition coefficient (Wildman–Crippen LogP) is 2.44. The molecule has 1 aromatic carbocycles. The number of fused-ring (bicyclic) bond motifs is 1. The first-order valence-electron chi connectivity index (χ1n) is 4.94. The van der Waals surface area contributed by atoms with Crippen molar-refractivity contribution in [2.45, 2.75) is 13.3 Å². The van der Waals surface area contributed by atoms with Crippen LogP contribution in [0.3, 0.4) is 0 Å². The second-order valence-corrected chi connectivity index (χ2v) is 3.66. The van der Waals surface area contributed by atoms with Gasteiger partial charge in [-0.1, -0.05) is 13.0 Å². The third-order valence-corrected chi connectivity index (χ3v) is 2.70. The monoisotopic (exact) mass is 203 g/mol. The zero-order valence-corrected chi connectivity index (χ0v) is 8.82. The molecular weight excluding hydrogens is 190 g/mol. The summed E-state index contributed by atoms with van der Waals surface area (Å²) in [6, 6.07) is 5.26. The third kappa shape index (κ3) is 1.50. The van der Waals surface area contributed by atoms with Crippen LogP contribution in [0.1, 0.15) is 22.8 Å². The quantitative estimate of drug-likeness (QED) is 0.814. The van der Waals surface area contributed by atoms with Gasteiger partial charge in [-0.25, -0.2) is 4.79 Å². The molecule has 0 saturated carbocycles. The number of carbonyl (C=O) groups is 1. The molecule has 0 unspecified atom stereocenters. The third-order valence-electron chi connectivity index (χ3n) is 2.70. The molecule has 0 aliphatic heterocycles. The molecule has 0 bridgehead atoms. The van der Waals surface area contributed by atoms with Crippen LogP contribution >= 0.6 is 0 Å². The maximum absolute atomic E-state index is 10.8. The van der Waals surface area contributed by atoms with E-state index in [4.69, 9.17) is 5.11 Å². The number of aromatic nitrogens is 1. The fourth-order valence-corrected chi connectivity index (χ4v) is 1.88. The number of aryl methyl sites for hydroxylation is 2. The molecule has 0 amide bonds. The summed E-state index contributed by atoms with van der Waals surface area (Å²) in [7, 11) is 1.94. The van der Waals surface area contributed by atoms with Crippen LogP contribution in [-0.2, 0) is 13.5 Å². The van der Waals surface area contributed by atoms with Crippen molar-refractivity contribution in [3.63, 3.8) is 0 Å². The van der Waals surface area contributed by atoms with Crippen LogP contribution in [0.4, 0.5) is 0 Å². The molecule has 0 aliphatic carbocycles. The Labute approximate surface area is 87.9 Å². The lowest BCUT2D eigenvalue weighted by molar-refractivity contribution is 0.0697. The van der Waals surface area contributed by atoms with Gasteiger partial charge in [0.05, 0.1) is 5.56 Å². The molecular formula is C12H13NO2. The van der Waals surface area contributed by atoms with Gasteiger partial charge in [0.2, 0.25) is 0 Å². The number of nitrogens with zero attached hydrogens (tertiary/aromatic N) is 1. The summed E-state index contributed by atoms with van der Waals surface area (Å²) in [5, 5.41) is 10.0. The standard InChI is InChI=1S/C12H13NO2/c1-3-8-7-13(2)11-6-9(12(14)15)4-5-10(8)11/h4-7H,3H2,1-2H3,(H,14,15). The second kappa shape index (κ2) is 3.42. The Balaban J connectivity index is 2.72. The number of aromatic carboxylic acids is 1. The van der Waals surface area contributed by atoms with Gasteiger partial charge in [-0.2, -0.15) is 0 Å². The van der Waals surface area contributed by atoms with E-state index in [0.717, 1.165) is 17.3 Å². The summed E-state index contributed by atoms with van der Waals surface area (Å²) in [4.78, 5) is 10.8. The summed E-state index contributed by atoms with van der Waals surface area (Å²) in [5.41, 5.74) is 2.57. The van der Waals surface area contributed by atoms with E-state index in [1.165, 1.54) is 5.56 Å². The summed E-state index contributed by atoms with van der Waals surface area (Å²) >= 11 is 0. The number of hydrogen-bond acceptors (Lipinski definition) is 1. The zero-order valence-electron chi connectivity index (χ0n) is 8.82. The molecule has 2 rings (SSSR count). The van der Waals surface area contributed by atoms with Crippen LogP contribution in [-0.4, -0.2) is 15.6 Å². The van der Waals surface area contributed by atoms with Crippen molar-refractivity contribution in [2.24, 2.45) is 7.05 Å². The number of carboxylic acid groups (broad SMARTS) is 1. The highest BCUT2D eigenvalue weighted by atomic mass is 16.4. The van der Waals surface area contributed by atoms with Gasteiger partial charge in [-0.05, 0) is 24.1 Å². The molecule has 0 atom stereocenters. The zero-order chi connectivity index (χ0) is 11.0. The molecule has 2 aromatic rings. The Kier molecular flexibility index (Phi) is 2.23. The number of benzene rings is 1. The average Bonchev–Trinajstić information content (AvgIpc) is 2.55. The maximum Gasteiger partial charge on any atom is 0.335 e. The first-order valence-corrected chi connectivity index (χ1v) is 4.94. The molecule has 15 heavy (non-hydrogen) atoms. The lowest BCUT2D eigenvalue weighted by Gasteiger charge is -1.98. The van der Waals surface area contributed by atoms with E-state index in [0.29, 0.717) is 5.56 Å². The van der Waals surface area contributed by atoms with Crippen LogP contribution in [0.15, 0.2) is 24.4 Å². The number of rotatable bonds is 2. The van der Waals surface area contributed by atoms with Gasteiger partial charge in [0.1, 0.15) is 0 Å². The van der Waals surface area contributed by atoms with E-state index in [2.05, 4.69) is 13.1 Å². The highest BCUT2D eigenvalue weighted by molar-refractivity contribution is 5.94. The van der Waals surface area contributed by atoms with Crippen LogP contribution in [0.5, 0.6) is 0 Å². The van der Waals surface area contributed by atoms with E-state index >= 15 is 0 Å². The van der Waals surface area contributed by atoms with Gasteiger partial charge >= 0.3 is 5.97 Å². The first-order chi connectivity index (χ1) is 7.13. The van der Waals surface area contributed by atoms with Crippen LogP contribution in [0.2, 0.25) is 0 Å². The minimum Gasteiger partial charge on any atom is -0.478 e. The van der Waals surface area contributed by atoms with E-state index in [1.807, 2.05) is 17.7 Å². The van der Waals surface area contributed by atoms with Crippen molar-refractivity contribution in [3.8, 4) is 0 Å². The molecule has 1 heterocycles. The number of carboxylic acids is 1. The predicted molar refractivity (Wildman–Crippen MR) is 59.3 cm³/mol. The van der Waals surface area contributed by atoms with Crippen molar-refractivity contribution in [2.75, 3.05) is 0 Å². The van der Waals surface area contributed by atoms with E-state index in [1.54, 1.807) is 12.1 Å². The molecule has 3 nitrogen and oxygen atoms in total. The van der Waals surface area contributed by atoms with Gasteiger partial charge < -0.3 is 9.67 Å². The van der Waals surface area contributed by atoms with Gasteiger partial charge in [0.15, 0.2) is 0 Å². The molecule has 0 saturated heterocycles. The molecule has 78 valence electrons. The van der Waals surface area contributed by atoms with Gasteiger partial charge in [0, 0.05) is 24.1 Å². The molecule has 3 heteroatoms. The van der Waals surface area contributed by atoms with Crippen molar-refractivity contribution in [3.05, 3.63) is 35.5 Å². The van der Waals surface area contributed by atoms with Crippen molar-refractivity contribution >= 4 is 16.9 Å². The van der Waals surface area contributed by atoms with Crippen molar-refractivity contribution in [1.82, 2.24) is 4.57 Å². The fourth-order valence-electron chi connectivity index (χ4n) is 1.88. The van der Waals surface area contributed by atoms with Crippen LogP contribution in [0, 0.1) is 0 Å². The Hall–Kier alpha value is -1.77. The Morgan fingerprint density at radius 1 is 1.47 bits per heavy atom. The Morgan fingerprint density at radius 3 is 2.80 bits per heavy atom. The molecule has 0 fully saturated rings. The molecule has 0 radical (unpaired) electrons. The van der Waals surface area contributed by atoms with Crippen LogP contribution < -0.4 is 0 Å². The lowest BCUT2D eigenvalue weighted by Crippen LogP contribution is -1.96. The minimum atomic E-state index is -0.879. The van der Waals surface area contributed by atoms with Crippen molar-refractivity contribution < 1.29 is 9.90 Å². The van der Waals surface area contributed by atoms with E-state index in [-0.39, 0.29) is 0 Å². The molecule has 0 spiro atoms. The van der Waals surface area contributed by atoms with E-state index in [9.17, 15) is 4.79 Å². The summed E-state index contributed by atoms with van der Waals surface area (Å²) < 4.78 is 1.97. The van der Waals surface area contributed by atoms with Gasteiger partial charge in [0.25, 0.3) is 0 Å². The molecule has 1 aromatic heterocycles. The molecule has 0 aliphatic rings. The normalized spacial score (nSPS) is 10.8. The lowest BCUT2D eigenvalue weighted by atomic mass is 10.1. The second-order valence-electron chi connectivity index (χ2n) is 3.66. The minimum absolute atomic E-state index is 0.339. The topological polar surface area (TPSA) is 42.2 Å². The SMILES string of the molecule is CCc1cn(C)c2cc(C(=O)O)ccc12. The number of hydrogen-bond donors (Lipinski definition) is 1. The van der Waals surface area contributed by atoms with E-state index < -0.39 is 5.97 Å². The van der Waals surface area contributed by atoms with Gasteiger partial charge in [-0.3, -0.25) is 0 Å². The average molecular weight is 203 g/mol. The smallest absolute Gasteiger partial charge is 0.335 e. The highest BCUT2D eigenvalue weighted by Crippen LogP contribution is 2.22. The van der Waals surface area contributed by atoms with Gasteiger partial charge in [-0.15, -0.1) is 0 Å². The Bertz CT molecular complexity index is 526. The fraction of sp³-hybridized carbons (Fsp3) is 0.250. The Morgan fingerprint density at radius 2 is 2.20 bits per heavy atom. The van der Waals surface area contributed by atoms with Crippen molar-refractivity contribution in [1.29, 1.82) is 0 Å². The summed E-state index contributed by atoms with van der Waals surface area (Å²) in [6.07, 6.45) is 3.01. The highest BCUT2D eigenvalue weighted by Gasteiger charge is 2.08. The summed E-state index contributed by atoms with van der Waals surface area (Å²) in [6.45, 7) is 2.10. The summed E-state index contributed by atoms with van der Waals surface area (Å²) in [5.74, 6) is -0.879. The maximum atomic E-state index is 10.8.